The van der Waals surface area contributed by atoms with Crippen molar-refractivity contribution in [2.45, 2.75) is 52.3 Å². The summed E-state index contributed by atoms with van der Waals surface area (Å²) in [7, 11) is -1.81. The maximum absolute atomic E-state index is 11.6. The van der Waals surface area contributed by atoms with Crippen LogP contribution in [0.3, 0.4) is 0 Å². The fourth-order valence-corrected chi connectivity index (χ4v) is 3.20. The van der Waals surface area contributed by atoms with Gasteiger partial charge in [0.05, 0.1) is 12.3 Å². The summed E-state index contributed by atoms with van der Waals surface area (Å²) in [6.07, 6.45) is 3.61. The van der Waals surface area contributed by atoms with Crippen molar-refractivity contribution < 1.29 is 8.42 Å². The van der Waals surface area contributed by atoms with Gasteiger partial charge < -0.3 is 10.6 Å². The second-order valence-electron chi connectivity index (χ2n) is 6.79. The summed E-state index contributed by atoms with van der Waals surface area (Å²) < 4.78 is 25.5. The number of nitrogens with one attached hydrogen (secondary N) is 3. The zero-order valence-electron chi connectivity index (χ0n) is 16.5. The Morgan fingerprint density at radius 1 is 1.08 bits per heavy atom. The standard InChI is InChI=1S/C19H34N4O2S/c1-5-21-19(22-13-7-6-8-16(2)3)23-14-17-9-11-18(12-10-17)15-26(24,25)20-4/h9-12,16,20H,5-8,13-15H2,1-4H3,(H2,21,22,23). The number of benzene rings is 1. The molecule has 0 saturated heterocycles. The van der Waals surface area contributed by atoms with Gasteiger partial charge in [-0.25, -0.2) is 18.1 Å². The van der Waals surface area contributed by atoms with Crippen LogP contribution in [0.2, 0.25) is 0 Å². The maximum Gasteiger partial charge on any atom is 0.215 e. The molecule has 0 bridgehead atoms. The van der Waals surface area contributed by atoms with Crippen LogP contribution in [0.1, 0.15) is 51.2 Å². The van der Waals surface area contributed by atoms with Gasteiger partial charge in [-0.05, 0) is 37.4 Å². The van der Waals surface area contributed by atoms with Crippen molar-refractivity contribution in [3.63, 3.8) is 0 Å². The number of hydrogen-bond donors (Lipinski definition) is 3. The van der Waals surface area contributed by atoms with Crippen LogP contribution in [0, 0.1) is 5.92 Å². The Morgan fingerprint density at radius 3 is 2.31 bits per heavy atom. The summed E-state index contributed by atoms with van der Waals surface area (Å²) in [5, 5.41) is 6.62. The summed E-state index contributed by atoms with van der Waals surface area (Å²) in [5.41, 5.74) is 1.81. The number of guanidine groups is 1. The number of hydrogen-bond acceptors (Lipinski definition) is 3. The van der Waals surface area contributed by atoms with Gasteiger partial charge in [0.1, 0.15) is 0 Å². The van der Waals surface area contributed by atoms with Crippen molar-refractivity contribution in [2.24, 2.45) is 10.9 Å². The fourth-order valence-electron chi connectivity index (χ4n) is 2.43. The summed E-state index contributed by atoms with van der Waals surface area (Å²) in [6.45, 7) is 8.84. The first-order chi connectivity index (χ1) is 12.4. The van der Waals surface area contributed by atoms with E-state index in [1.54, 1.807) is 0 Å². The zero-order chi connectivity index (χ0) is 19.4. The highest BCUT2D eigenvalue weighted by Gasteiger charge is 2.08. The Bertz CT molecular complexity index is 640. The fraction of sp³-hybridized carbons (Fsp3) is 0.632. The molecule has 0 aromatic heterocycles. The highest BCUT2D eigenvalue weighted by Crippen LogP contribution is 2.09. The topological polar surface area (TPSA) is 82.6 Å². The largest absolute Gasteiger partial charge is 0.357 e. The van der Waals surface area contributed by atoms with Gasteiger partial charge in [0.2, 0.25) is 10.0 Å². The second-order valence-corrected chi connectivity index (χ2v) is 8.72. The van der Waals surface area contributed by atoms with Crippen molar-refractivity contribution in [3.05, 3.63) is 35.4 Å². The van der Waals surface area contributed by atoms with Crippen molar-refractivity contribution in [2.75, 3.05) is 20.1 Å². The molecule has 0 fully saturated rings. The van der Waals surface area contributed by atoms with Crippen LogP contribution in [-0.2, 0) is 22.3 Å². The molecule has 0 spiro atoms. The van der Waals surface area contributed by atoms with Gasteiger partial charge in [-0.15, -0.1) is 0 Å². The molecule has 0 atom stereocenters. The van der Waals surface area contributed by atoms with Crippen LogP contribution in [0.4, 0.5) is 0 Å². The van der Waals surface area contributed by atoms with E-state index in [1.165, 1.54) is 19.9 Å². The first-order valence-electron chi connectivity index (χ1n) is 9.37. The van der Waals surface area contributed by atoms with Gasteiger partial charge in [0.15, 0.2) is 5.96 Å². The van der Waals surface area contributed by atoms with Crippen LogP contribution in [0.15, 0.2) is 29.3 Å². The lowest BCUT2D eigenvalue weighted by Crippen LogP contribution is -2.37. The molecule has 0 radical (unpaired) electrons. The monoisotopic (exact) mass is 382 g/mol. The van der Waals surface area contributed by atoms with Gasteiger partial charge in [0.25, 0.3) is 0 Å². The molecular formula is C19H34N4O2S. The predicted octanol–water partition coefficient (Wildman–Crippen LogP) is 2.62. The molecule has 1 rings (SSSR count). The lowest BCUT2D eigenvalue weighted by molar-refractivity contribution is 0.534. The van der Waals surface area contributed by atoms with Crippen LogP contribution < -0.4 is 15.4 Å². The number of aliphatic imine (C=N–C) groups is 1. The molecule has 148 valence electrons. The molecule has 0 heterocycles. The maximum atomic E-state index is 11.6. The van der Waals surface area contributed by atoms with Crippen LogP contribution >= 0.6 is 0 Å². The third kappa shape index (κ3) is 9.77. The van der Waals surface area contributed by atoms with E-state index < -0.39 is 10.0 Å². The molecule has 3 N–H and O–H groups in total. The lowest BCUT2D eigenvalue weighted by atomic mass is 10.1. The van der Waals surface area contributed by atoms with Gasteiger partial charge >= 0.3 is 0 Å². The minimum Gasteiger partial charge on any atom is -0.357 e. The second kappa shape index (κ2) is 11.9. The van der Waals surface area contributed by atoms with Gasteiger partial charge in [-0.1, -0.05) is 51.0 Å². The Morgan fingerprint density at radius 2 is 1.73 bits per heavy atom. The Hall–Kier alpha value is -1.60. The number of unbranched alkanes of at least 4 members (excludes halogenated alkanes) is 1. The molecule has 0 saturated carbocycles. The van der Waals surface area contributed by atoms with Crippen molar-refractivity contribution >= 4 is 16.0 Å². The minimum atomic E-state index is -3.24. The third-order valence-corrected chi connectivity index (χ3v) is 5.29. The van der Waals surface area contributed by atoms with Crippen LogP contribution in [0.5, 0.6) is 0 Å². The summed E-state index contributed by atoms with van der Waals surface area (Å²) in [6, 6.07) is 7.53. The van der Waals surface area contributed by atoms with Crippen LogP contribution in [-0.4, -0.2) is 34.5 Å². The van der Waals surface area contributed by atoms with Gasteiger partial charge in [0, 0.05) is 13.1 Å². The van der Waals surface area contributed by atoms with Crippen molar-refractivity contribution in [1.82, 2.24) is 15.4 Å². The molecular weight excluding hydrogens is 348 g/mol. The van der Waals surface area contributed by atoms with E-state index in [0.29, 0.717) is 6.54 Å². The quantitative estimate of drug-likeness (QED) is 0.312. The van der Waals surface area contributed by atoms with E-state index in [0.717, 1.165) is 42.5 Å². The average molecular weight is 383 g/mol. The number of nitrogens with zero attached hydrogens (tertiary/aromatic N) is 1. The SMILES string of the molecule is CCNC(=NCc1ccc(CS(=O)(=O)NC)cc1)NCCCCC(C)C. The van der Waals surface area contributed by atoms with E-state index in [4.69, 9.17) is 0 Å². The van der Waals surface area contributed by atoms with Gasteiger partial charge in [-0.3, -0.25) is 0 Å². The Labute approximate surface area is 158 Å². The first kappa shape index (κ1) is 22.4. The average Bonchev–Trinajstić information content (AvgIpc) is 2.60. The van der Waals surface area contributed by atoms with Gasteiger partial charge in [-0.2, -0.15) is 0 Å². The van der Waals surface area contributed by atoms with E-state index in [2.05, 4.69) is 34.2 Å². The lowest BCUT2D eigenvalue weighted by Gasteiger charge is -2.12. The normalized spacial score (nSPS) is 12.4. The zero-order valence-corrected chi connectivity index (χ0v) is 17.3. The third-order valence-electron chi connectivity index (χ3n) is 3.96. The summed E-state index contributed by atoms with van der Waals surface area (Å²) in [4.78, 5) is 4.60. The molecule has 0 amide bonds. The molecule has 1 aromatic rings. The summed E-state index contributed by atoms with van der Waals surface area (Å²) >= 11 is 0. The molecule has 0 aliphatic heterocycles. The minimum absolute atomic E-state index is 0.00633. The van der Waals surface area contributed by atoms with E-state index in [9.17, 15) is 8.42 Å². The molecule has 0 unspecified atom stereocenters. The predicted molar refractivity (Wildman–Crippen MR) is 110 cm³/mol. The first-order valence-corrected chi connectivity index (χ1v) is 11.0. The summed E-state index contributed by atoms with van der Waals surface area (Å²) in [5.74, 6) is 1.56. The molecule has 0 aliphatic carbocycles. The number of sulfonamides is 1. The van der Waals surface area contributed by atoms with Crippen molar-refractivity contribution in [1.29, 1.82) is 0 Å². The molecule has 6 nitrogen and oxygen atoms in total. The highest BCUT2D eigenvalue weighted by atomic mass is 32.2. The van der Waals surface area contributed by atoms with Crippen molar-refractivity contribution in [3.8, 4) is 0 Å². The molecule has 26 heavy (non-hydrogen) atoms. The van der Waals surface area contributed by atoms with E-state index >= 15 is 0 Å². The Kier molecular flexibility index (Phi) is 10.3. The smallest absolute Gasteiger partial charge is 0.215 e. The number of rotatable bonds is 11. The van der Waals surface area contributed by atoms with E-state index in [-0.39, 0.29) is 5.75 Å². The molecule has 0 aliphatic rings. The van der Waals surface area contributed by atoms with Crippen LogP contribution in [0.25, 0.3) is 0 Å². The Balaban J connectivity index is 2.52. The highest BCUT2D eigenvalue weighted by molar-refractivity contribution is 7.88. The molecule has 1 aromatic carbocycles. The molecule has 7 heteroatoms. The van der Waals surface area contributed by atoms with E-state index in [1.807, 2.05) is 31.2 Å².